The highest BCUT2D eigenvalue weighted by Gasteiger charge is 2.21. The van der Waals surface area contributed by atoms with Gasteiger partial charge in [-0.25, -0.2) is 9.37 Å². The molecule has 1 N–H and O–H groups in total. The Bertz CT molecular complexity index is 614. The Hall–Kier alpha value is -1.88. The van der Waals surface area contributed by atoms with Crippen molar-refractivity contribution in [2.24, 2.45) is 0 Å². The Labute approximate surface area is 128 Å². The smallest absolute Gasteiger partial charge is 0.149 e. The molecule has 0 atom stereocenters. The van der Waals surface area contributed by atoms with Crippen LogP contribution in [0.15, 0.2) is 36.7 Å². The van der Waals surface area contributed by atoms with Gasteiger partial charge in [0.15, 0.2) is 0 Å². The molecule has 0 spiro atoms. The summed E-state index contributed by atoms with van der Waals surface area (Å²) < 4.78 is 13.6. The lowest BCUT2D eigenvalue weighted by Gasteiger charge is -2.33. The lowest BCUT2D eigenvalue weighted by molar-refractivity contribution is 0.519. The predicted molar refractivity (Wildman–Crippen MR) is 82.3 cm³/mol. The van der Waals surface area contributed by atoms with Crippen molar-refractivity contribution in [3.63, 3.8) is 0 Å². The SMILES string of the molecule is Fc1ccccc1NC1CCN(c2cncc(Cl)n2)CC1. The molecule has 1 aromatic heterocycles. The lowest BCUT2D eigenvalue weighted by atomic mass is 10.0. The van der Waals surface area contributed by atoms with Gasteiger partial charge < -0.3 is 10.2 Å². The van der Waals surface area contributed by atoms with Crippen LogP contribution in [0.2, 0.25) is 5.15 Å². The Balaban J connectivity index is 1.59. The van der Waals surface area contributed by atoms with Crippen LogP contribution in [-0.2, 0) is 0 Å². The Morgan fingerprint density at radius 2 is 1.95 bits per heavy atom. The molecule has 1 aliphatic rings. The Morgan fingerprint density at radius 3 is 2.67 bits per heavy atom. The molecule has 0 unspecified atom stereocenters. The largest absolute Gasteiger partial charge is 0.380 e. The minimum Gasteiger partial charge on any atom is -0.380 e. The molecule has 3 rings (SSSR count). The maximum atomic E-state index is 13.6. The lowest BCUT2D eigenvalue weighted by Crippen LogP contribution is -2.39. The van der Waals surface area contributed by atoms with E-state index < -0.39 is 0 Å². The second-order valence-corrected chi connectivity index (χ2v) is 5.47. The fourth-order valence-corrected chi connectivity index (χ4v) is 2.68. The van der Waals surface area contributed by atoms with E-state index in [2.05, 4.69) is 20.2 Å². The normalized spacial score (nSPS) is 16.0. The van der Waals surface area contributed by atoms with E-state index >= 15 is 0 Å². The number of aromatic nitrogens is 2. The number of nitrogens with one attached hydrogen (secondary N) is 1. The molecule has 0 aliphatic carbocycles. The number of piperidine rings is 1. The maximum absolute atomic E-state index is 13.6. The van der Waals surface area contributed by atoms with Crippen molar-refractivity contribution in [2.75, 3.05) is 23.3 Å². The van der Waals surface area contributed by atoms with Gasteiger partial charge in [0.05, 0.1) is 18.1 Å². The van der Waals surface area contributed by atoms with Gasteiger partial charge in [-0.3, -0.25) is 4.98 Å². The molecule has 21 heavy (non-hydrogen) atoms. The van der Waals surface area contributed by atoms with E-state index in [0.717, 1.165) is 31.7 Å². The average Bonchev–Trinajstić information content (AvgIpc) is 2.50. The zero-order valence-corrected chi connectivity index (χ0v) is 12.2. The van der Waals surface area contributed by atoms with E-state index in [4.69, 9.17) is 11.6 Å². The van der Waals surface area contributed by atoms with Gasteiger partial charge >= 0.3 is 0 Å². The second kappa shape index (κ2) is 6.26. The molecular formula is C15H16ClFN4. The predicted octanol–water partition coefficient (Wildman–Crippen LogP) is 3.35. The molecule has 0 saturated carbocycles. The van der Waals surface area contributed by atoms with Gasteiger partial charge in [-0.15, -0.1) is 0 Å². The zero-order chi connectivity index (χ0) is 14.7. The van der Waals surface area contributed by atoms with Crippen LogP contribution in [0.4, 0.5) is 15.9 Å². The molecule has 2 aromatic rings. The summed E-state index contributed by atoms with van der Waals surface area (Å²) in [4.78, 5) is 10.5. The highest BCUT2D eigenvalue weighted by Crippen LogP contribution is 2.22. The summed E-state index contributed by atoms with van der Waals surface area (Å²) in [6.45, 7) is 1.70. The summed E-state index contributed by atoms with van der Waals surface area (Å²) in [6.07, 6.45) is 5.08. The van der Waals surface area contributed by atoms with Crippen molar-refractivity contribution < 1.29 is 4.39 Å². The van der Waals surface area contributed by atoms with E-state index in [0.29, 0.717) is 10.8 Å². The van der Waals surface area contributed by atoms with Gasteiger partial charge in [-0.1, -0.05) is 23.7 Å². The Kier molecular flexibility index (Phi) is 4.20. The summed E-state index contributed by atoms with van der Waals surface area (Å²) in [5.41, 5.74) is 0.568. The first-order valence-corrected chi connectivity index (χ1v) is 7.34. The van der Waals surface area contributed by atoms with Crippen LogP contribution < -0.4 is 10.2 Å². The van der Waals surface area contributed by atoms with Crippen molar-refractivity contribution in [1.82, 2.24) is 9.97 Å². The third-order valence-corrected chi connectivity index (χ3v) is 3.83. The number of nitrogens with zero attached hydrogens (tertiary/aromatic N) is 3. The van der Waals surface area contributed by atoms with E-state index in [-0.39, 0.29) is 11.9 Å². The summed E-state index contributed by atoms with van der Waals surface area (Å²) in [5, 5.41) is 3.67. The van der Waals surface area contributed by atoms with Gasteiger partial charge in [0.25, 0.3) is 0 Å². The van der Waals surface area contributed by atoms with E-state index in [1.807, 2.05) is 6.07 Å². The minimum atomic E-state index is -0.208. The number of rotatable bonds is 3. The first kappa shape index (κ1) is 14.1. The number of halogens is 2. The van der Waals surface area contributed by atoms with Gasteiger partial charge in [0.2, 0.25) is 0 Å². The molecule has 0 radical (unpaired) electrons. The molecule has 110 valence electrons. The van der Waals surface area contributed by atoms with Crippen LogP contribution in [0.5, 0.6) is 0 Å². The number of anilines is 2. The van der Waals surface area contributed by atoms with Crippen LogP contribution in [0.25, 0.3) is 0 Å². The van der Waals surface area contributed by atoms with Crippen molar-refractivity contribution >= 4 is 23.1 Å². The maximum Gasteiger partial charge on any atom is 0.149 e. The van der Waals surface area contributed by atoms with Gasteiger partial charge in [0, 0.05) is 19.1 Å². The highest BCUT2D eigenvalue weighted by atomic mass is 35.5. The number of hydrogen-bond acceptors (Lipinski definition) is 4. The summed E-state index contributed by atoms with van der Waals surface area (Å²) >= 11 is 5.86. The molecule has 1 saturated heterocycles. The molecule has 1 fully saturated rings. The third-order valence-electron chi connectivity index (χ3n) is 3.64. The molecule has 6 heteroatoms. The van der Waals surface area contributed by atoms with E-state index in [1.54, 1.807) is 18.3 Å². The topological polar surface area (TPSA) is 41.0 Å². The van der Waals surface area contributed by atoms with Crippen LogP contribution in [0.1, 0.15) is 12.8 Å². The number of benzene rings is 1. The minimum absolute atomic E-state index is 0.208. The number of para-hydroxylation sites is 1. The highest BCUT2D eigenvalue weighted by molar-refractivity contribution is 6.29. The summed E-state index contributed by atoms with van der Waals surface area (Å²) in [6, 6.07) is 7.04. The third kappa shape index (κ3) is 3.42. The molecular weight excluding hydrogens is 291 g/mol. The Morgan fingerprint density at radius 1 is 1.19 bits per heavy atom. The van der Waals surface area contributed by atoms with E-state index in [9.17, 15) is 4.39 Å². The monoisotopic (exact) mass is 306 g/mol. The van der Waals surface area contributed by atoms with Crippen LogP contribution >= 0.6 is 11.6 Å². The van der Waals surface area contributed by atoms with Crippen LogP contribution in [0, 0.1) is 5.82 Å². The van der Waals surface area contributed by atoms with Gasteiger partial charge in [0.1, 0.15) is 16.8 Å². The molecule has 1 aliphatic heterocycles. The summed E-state index contributed by atoms with van der Waals surface area (Å²) in [5.74, 6) is 0.590. The average molecular weight is 307 g/mol. The molecule has 0 bridgehead atoms. The van der Waals surface area contributed by atoms with Crippen molar-refractivity contribution in [3.8, 4) is 0 Å². The van der Waals surface area contributed by atoms with Gasteiger partial charge in [-0.05, 0) is 25.0 Å². The quantitative estimate of drug-likeness (QED) is 0.944. The molecule has 4 nitrogen and oxygen atoms in total. The molecule has 1 aromatic carbocycles. The van der Waals surface area contributed by atoms with Gasteiger partial charge in [-0.2, -0.15) is 0 Å². The van der Waals surface area contributed by atoms with Crippen molar-refractivity contribution in [1.29, 1.82) is 0 Å². The van der Waals surface area contributed by atoms with Crippen molar-refractivity contribution in [3.05, 3.63) is 47.6 Å². The fraction of sp³-hybridized carbons (Fsp3) is 0.333. The second-order valence-electron chi connectivity index (χ2n) is 5.09. The van der Waals surface area contributed by atoms with Crippen LogP contribution in [0.3, 0.4) is 0 Å². The first-order chi connectivity index (χ1) is 10.2. The zero-order valence-electron chi connectivity index (χ0n) is 11.5. The van der Waals surface area contributed by atoms with Crippen molar-refractivity contribution in [2.45, 2.75) is 18.9 Å². The first-order valence-electron chi connectivity index (χ1n) is 6.96. The number of hydrogen-bond donors (Lipinski definition) is 1. The molecule has 0 amide bonds. The standard InChI is InChI=1S/C15H16ClFN4/c16-14-9-18-10-15(20-14)21-7-5-11(6-8-21)19-13-4-2-1-3-12(13)17/h1-4,9-11,19H,5-8H2. The fourth-order valence-electron chi connectivity index (χ4n) is 2.54. The molecule has 2 heterocycles. The van der Waals surface area contributed by atoms with E-state index in [1.165, 1.54) is 12.3 Å². The van der Waals surface area contributed by atoms with Crippen LogP contribution in [-0.4, -0.2) is 29.1 Å². The summed E-state index contributed by atoms with van der Waals surface area (Å²) in [7, 11) is 0.